The van der Waals surface area contributed by atoms with Gasteiger partial charge in [-0.25, -0.2) is 4.79 Å². The quantitative estimate of drug-likeness (QED) is 0.594. The molecule has 2 heteroatoms. The lowest BCUT2D eigenvalue weighted by atomic mass is 9.86. The largest absolute Gasteiger partial charge is 0.456 e. The van der Waals surface area contributed by atoms with Crippen molar-refractivity contribution in [2.75, 3.05) is 0 Å². The van der Waals surface area contributed by atoms with Gasteiger partial charge in [-0.05, 0) is 38.2 Å². The summed E-state index contributed by atoms with van der Waals surface area (Å²) in [6, 6.07) is 9.48. The predicted molar refractivity (Wildman–Crippen MR) is 73.1 cm³/mol. The van der Waals surface area contributed by atoms with Crippen LogP contribution >= 0.6 is 0 Å². The number of carbonyl (C=O) groups excluding carboxylic acids is 1. The molecule has 96 valence electrons. The molecule has 1 fully saturated rings. The Bertz CT molecular complexity index is 428. The van der Waals surface area contributed by atoms with Crippen molar-refractivity contribution >= 4 is 11.5 Å². The maximum atomic E-state index is 12.1. The molecule has 0 atom stereocenters. The first-order valence-electron chi connectivity index (χ1n) is 6.58. The molecule has 0 heterocycles. The van der Waals surface area contributed by atoms with Crippen molar-refractivity contribution in [3.05, 3.63) is 42.5 Å². The minimum absolute atomic E-state index is 0.286. The van der Waals surface area contributed by atoms with Gasteiger partial charge < -0.3 is 4.74 Å². The molecule has 0 bridgehead atoms. The average Bonchev–Trinajstić information content (AvgIpc) is 2.39. The number of rotatable bonds is 3. The molecule has 2 nitrogen and oxygen atoms in total. The zero-order valence-corrected chi connectivity index (χ0v) is 10.9. The summed E-state index contributed by atoms with van der Waals surface area (Å²) in [6.07, 6.45) is 5.44. The van der Waals surface area contributed by atoms with Crippen LogP contribution in [0, 0.1) is 0 Å². The zero-order valence-electron chi connectivity index (χ0n) is 10.9. The Morgan fingerprint density at radius 2 is 1.78 bits per heavy atom. The number of benzene rings is 1. The van der Waals surface area contributed by atoms with Gasteiger partial charge in [0.1, 0.15) is 5.60 Å². The summed E-state index contributed by atoms with van der Waals surface area (Å²) in [5.74, 6) is -0.286. The Labute approximate surface area is 109 Å². The maximum absolute atomic E-state index is 12.1. The Balaban J connectivity index is 2.02. The second-order valence-corrected chi connectivity index (χ2v) is 5.24. The van der Waals surface area contributed by atoms with Crippen molar-refractivity contribution in [1.29, 1.82) is 0 Å². The van der Waals surface area contributed by atoms with E-state index in [9.17, 15) is 4.79 Å². The number of ether oxygens (including phenoxy) is 1. The Kier molecular flexibility index (Phi) is 3.85. The lowest BCUT2D eigenvalue weighted by Gasteiger charge is -2.33. The molecule has 0 radical (unpaired) electrons. The van der Waals surface area contributed by atoms with E-state index in [1.807, 2.05) is 37.3 Å². The second kappa shape index (κ2) is 5.38. The zero-order chi connectivity index (χ0) is 13.0. The van der Waals surface area contributed by atoms with Gasteiger partial charge in [0.05, 0.1) is 5.57 Å². The topological polar surface area (TPSA) is 26.3 Å². The van der Waals surface area contributed by atoms with Gasteiger partial charge in [-0.3, -0.25) is 0 Å². The average molecular weight is 244 g/mol. The SMILES string of the molecule is C=C(C(=O)OC1(C)CCCCC1)c1ccccc1. The van der Waals surface area contributed by atoms with Crippen molar-refractivity contribution in [2.24, 2.45) is 0 Å². The van der Waals surface area contributed by atoms with E-state index in [2.05, 4.69) is 6.58 Å². The first kappa shape index (κ1) is 12.9. The van der Waals surface area contributed by atoms with Crippen LogP contribution in [0.5, 0.6) is 0 Å². The molecule has 2 rings (SSSR count). The smallest absolute Gasteiger partial charge is 0.338 e. The van der Waals surface area contributed by atoms with Crippen molar-refractivity contribution in [3.8, 4) is 0 Å². The monoisotopic (exact) mass is 244 g/mol. The van der Waals surface area contributed by atoms with Crippen LogP contribution in [-0.4, -0.2) is 11.6 Å². The molecule has 0 unspecified atom stereocenters. The summed E-state index contributed by atoms with van der Waals surface area (Å²) in [6.45, 7) is 5.88. The van der Waals surface area contributed by atoms with Crippen LogP contribution in [-0.2, 0) is 9.53 Å². The first-order chi connectivity index (χ1) is 8.61. The summed E-state index contributed by atoms with van der Waals surface area (Å²) in [5, 5.41) is 0. The minimum atomic E-state index is -0.299. The molecular weight excluding hydrogens is 224 g/mol. The fourth-order valence-electron chi connectivity index (χ4n) is 2.44. The molecule has 1 aliphatic carbocycles. The number of esters is 1. The molecule has 0 amide bonds. The van der Waals surface area contributed by atoms with E-state index < -0.39 is 0 Å². The van der Waals surface area contributed by atoms with Crippen LogP contribution in [0.1, 0.15) is 44.6 Å². The van der Waals surface area contributed by atoms with Crippen molar-refractivity contribution in [2.45, 2.75) is 44.6 Å². The summed E-state index contributed by atoms with van der Waals surface area (Å²) >= 11 is 0. The van der Waals surface area contributed by atoms with E-state index in [1.54, 1.807) is 0 Å². The Morgan fingerprint density at radius 3 is 2.39 bits per heavy atom. The van der Waals surface area contributed by atoms with Gasteiger partial charge >= 0.3 is 5.97 Å². The highest BCUT2D eigenvalue weighted by Crippen LogP contribution is 2.32. The second-order valence-electron chi connectivity index (χ2n) is 5.24. The third kappa shape index (κ3) is 3.00. The van der Waals surface area contributed by atoms with E-state index >= 15 is 0 Å². The standard InChI is InChI=1S/C16H20O2/c1-13(14-9-5-3-6-10-14)15(17)18-16(2)11-7-4-8-12-16/h3,5-6,9-10H,1,4,7-8,11-12H2,2H3. The van der Waals surface area contributed by atoms with Crippen LogP contribution in [0.4, 0.5) is 0 Å². The predicted octanol–water partition coefficient (Wildman–Crippen LogP) is 3.97. The van der Waals surface area contributed by atoms with Gasteiger partial charge in [0, 0.05) is 0 Å². The highest BCUT2D eigenvalue weighted by atomic mass is 16.6. The Morgan fingerprint density at radius 1 is 1.17 bits per heavy atom. The maximum Gasteiger partial charge on any atom is 0.338 e. The minimum Gasteiger partial charge on any atom is -0.456 e. The molecule has 1 aromatic carbocycles. The Hall–Kier alpha value is -1.57. The van der Waals surface area contributed by atoms with Crippen LogP contribution < -0.4 is 0 Å². The molecule has 0 aliphatic heterocycles. The summed E-state index contributed by atoms with van der Waals surface area (Å²) < 4.78 is 5.66. The van der Waals surface area contributed by atoms with E-state index in [0.29, 0.717) is 5.57 Å². The molecule has 0 N–H and O–H groups in total. The summed E-state index contributed by atoms with van der Waals surface area (Å²) in [7, 11) is 0. The molecule has 18 heavy (non-hydrogen) atoms. The lowest BCUT2D eigenvalue weighted by Crippen LogP contribution is -2.34. The van der Waals surface area contributed by atoms with Gasteiger partial charge in [0.25, 0.3) is 0 Å². The van der Waals surface area contributed by atoms with Crippen LogP contribution in [0.25, 0.3) is 5.57 Å². The molecule has 1 saturated carbocycles. The van der Waals surface area contributed by atoms with Gasteiger partial charge in [0.15, 0.2) is 0 Å². The fraction of sp³-hybridized carbons (Fsp3) is 0.438. The molecule has 0 aromatic heterocycles. The molecular formula is C16H20O2. The molecule has 0 spiro atoms. The van der Waals surface area contributed by atoms with Crippen LogP contribution in [0.3, 0.4) is 0 Å². The van der Waals surface area contributed by atoms with E-state index in [1.165, 1.54) is 6.42 Å². The van der Waals surface area contributed by atoms with Crippen molar-refractivity contribution in [3.63, 3.8) is 0 Å². The highest BCUT2D eigenvalue weighted by molar-refractivity contribution is 6.15. The van der Waals surface area contributed by atoms with Crippen LogP contribution in [0.15, 0.2) is 36.9 Å². The molecule has 0 saturated heterocycles. The van der Waals surface area contributed by atoms with Gasteiger partial charge in [-0.2, -0.15) is 0 Å². The first-order valence-corrected chi connectivity index (χ1v) is 6.58. The summed E-state index contributed by atoms with van der Waals surface area (Å²) in [4.78, 5) is 12.1. The normalized spacial score (nSPS) is 18.1. The van der Waals surface area contributed by atoms with E-state index in [-0.39, 0.29) is 11.6 Å². The van der Waals surface area contributed by atoms with Gasteiger partial charge in [-0.15, -0.1) is 0 Å². The van der Waals surface area contributed by atoms with Crippen molar-refractivity contribution < 1.29 is 9.53 Å². The highest BCUT2D eigenvalue weighted by Gasteiger charge is 2.31. The third-order valence-electron chi connectivity index (χ3n) is 3.62. The van der Waals surface area contributed by atoms with Gasteiger partial charge in [0.2, 0.25) is 0 Å². The number of hydrogen-bond donors (Lipinski definition) is 0. The van der Waals surface area contributed by atoms with E-state index in [0.717, 1.165) is 31.2 Å². The summed E-state index contributed by atoms with van der Waals surface area (Å²) in [5.41, 5.74) is 0.983. The van der Waals surface area contributed by atoms with E-state index in [4.69, 9.17) is 4.74 Å². The third-order valence-corrected chi connectivity index (χ3v) is 3.62. The lowest BCUT2D eigenvalue weighted by molar-refractivity contribution is -0.153. The molecule has 1 aromatic rings. The van der Waals surface area contributed by atoms with Crippen molar-refractivity contribution in [1.82, 2.24) is 0 Å². The van der Waals surface area contributed by atoms with Gasteiger partial charge in [-0.1, -0.05) is 43.3 Å². The number of carbonyl (C=O) groups is 1. The fourth-order valence-corrected chi connectivity index (χ4v) is 2.44. The van der Waals surface area contributed by atoms with Crippen LogP contribution in [0.2, 0.25) is 0 Å². The number of hydrogen-bond acceptors (Lipinski definition) is 2. The molecule has 1 aliphatic rings.